The van der Waals surface area contributed by atoms with E-state index in [9.17, 15) is 9.59 Å². The van der Waals surface area contributed by atoms with Crippen molar-refractivity contribution in [2.45, 2.75) is 50.1 Å². The molecule has 0 atom stereocenters. The number of rotatable bonds is 7. The Bertz CT molecular complexity index is 1020. The maximum atomic E-state index is 12.5. The van der Waals surface area contributed by atoms with Gasteiger partial charge in [-0.25, -0.2) is 4.68 Å². The highest BCUT2D eigenvalue weighted by Crippen LogP contribution is 2.33. The lowest BCUT2D eigenvalue weighted by molar-refractivity contribution is -0.114. The van der Waals surface area contributed by atoms with Gasteiger partial charge in [-0.05, 0) is 49.2 Å². The molecule has 0 spiro atoms. The molecule has 2 aromatic heterocycles. The number of aromatic nitrogens is 4. The van der Waals surface area contributed by atoms with E-state index >= 15 is 0 Å². The number of carbonyl (C=O) groups is 2. The number of nitrogens with zero attached hydrogens (tertiary/aromatic N) is 4. The molecular formula is C22H26N6O2S. The van der Waals surface area contributed by atoms with E-state index in [2.05, 4.69) is 20.8 Å². The van der Waals surface area contributed by atoms with Gasteiger partial charge in [-0.15, -0.1) is 10.2 Å². The van der Waals surface area contributed by atoms with Gasteiger partial charge in [0.05, 0.1) is 5.75 Å². The molecule has 31 heavy (non-hydrogen) atoms. The van der Waals surface area contributed by atoms with Gasteiger partial charge in [0.1, 0.15) is 0 Å². The maximum absolute atomic E-state index is 12.5. The number of nitrogens with one attached hydrogen (secondary N) is 2. The van der Waals surface area contributed by atoms with E-state index in [1.54, 1.807) is 24.3 Å². The van der Waals surface area contributed by atoms with Crippen LogP contribution in [-0.4, -0.2) is 37.1 Å². The molecule has 3 aromatic rings. The first-order valence-corrected chi connectivity index (χ1v) is 11.5. The Morgan fingerprint density at radius 3 is 2.29 bits per heavy atom. The number of anilines is 2. The normalized spacial score (nSPS) is 14.4. The molecule has 9 heteroatoms. The third-order valence-corrected chi connectivity index (χ3v) is 6.17. The molecule has 1 aliphatic carbocycles. The largest absolute Gasteiger partial charge is 0.326 e. The Balaban J connectivity index is 1.42. The van der Waals surface area contributed by atoms with Gasteiger partial charge in [0.15, 0.2) is 5.82 Å². The summed E-state index contributed by atoms with van der Waals surface area (Å²) in [6, 6.07) is 11.0. The smallest absolute Gasteiger partial charge is 0.234 e. The average molecular weight is 439 g/mol. The van der Waals surface area contributed by atoms with Crippen molar-refractivity contribution < 1.29 is 9.59 Å². The van der Waals surface area contributed by atoms with Crippen molar-refractivity contribution in [3.63, 3.8) is 0 Å². The Hall–Kier alpha value is -3.07. The minimum atomic E-state index is -0.132. The van der Waals surface area contributed by atoms with Gasteiger partial charge in [-0.3, -0.25) is 14.3 Å². The van der Waals surface area contributed by atoms with Crippen LogP contribution in [0, 0.1) is 0 Å². The monoisotopic (exact) mass is 438 g/mol. The number of benzene rings is 1. The van der Waals surface area contributed by atoms with Crippen LogP contribution in [0.2, 0.25) is 0 Å². The standard InChI is InChI=1S/C22H26N6O2S/c1-16(29)23-18-9-11-19(12-10-18)24-20(30)15-31-22-26-25-21(17-7-3-2-4-8-17)28(22)27-13-5-6-14-27/h5-6,9-14,17H,2-4,7-8,15H2,1H3,(H,23,29)(H,24,30). The van der Waals surface area contributed by atoms with E-state index in [0.717, 1.165) is 18.7 Å². The Morgan fingerprint density at radius 1 is 1.00 bits per heavy atom. The predicted octanol–water partition coefficient (Wildman–Crippen LogP) is 4.13. The first-order chi connectivity index (χ1) is 15.1. The van der Waals surface area contributed by atoms with Gasteiger partial charge >= 0.3 is 0 Å². The van der Waals surface area contributed by atoms with Crippen LogP contribution in [0.3, 0.4) is 0 Å². The quantitative estimate of drug-likeness (QED) is 0.541. The van der Waals surface area contributed by atoms with Crippen LogP contribution in [0.25, 0.3) is 0 Å². The molecule has 1 aromatic carbocycles. The van der Waals surface area contributed by atoms with Crippen molar-refractivity contribution in [1.82, 2.24) is 19.5 Å². The molecule has 4 rings (SSSR count). The van der Waals surface area contributed by atoms with Crippen molar-refractivity contribution in [3.8, 4) is 0 Å². The van der Waals surface area contributed by atoms with Crippen LogP contribution in [0.15, 0.2) is 53.9 Å². The highest BCUT2D eigenvalue weighted by molar-refractivity contribution is 7.99. The first-order valence-electron chi connectivity index (χ1n) is 10.5. The van der Waals surface area contributed by atoms with Crippen molar-refractivity contribution in [3.05, 3.63) is 54.6 Å². The molecule has 1 fully saturated rings. The average Bonchev–Trinajstić information content (AvgIpc) is 3.43. The molecule has 1 aliphatic rings. The summed E-state index contributed by atoms with van der Waals surface area (Å²) in [6.45, 7) is 1.46. The molecule has 0 aliphatic heterocycles. The second-order valence-corrected chi connectivity index (χ2v) is 8.59. The summed E-state index contributed by atoms with van der Waals surface area (Å²) >= 11 is 1.37. The summed E-state index contributed by atoms with van der Waals surface area (Å²) in [6.07, 6.45) is 9.90. The Labute approximate surface area is 185 Å². The number of carbonyl (C=O) groups excluding carboxylic acids is 2. The van der Waals surface area contributed by atoms with E-state index in [4.69, 9.17) is 0 Å². The lowest BCUT2D eigenvalue weighted by Gasteiger charge is -2.22. The van der Waals surface area contributed by atoms with Crippen molar-refractivity contribution >= 4 is 35.0 Å². The maximum Gasteiger partial charge on any atom is 0.234 e. The molecule has 2 amide bonds. The lowest BCUT2D eigenvalue weighted by atomic mass is 9.89. The summed E-state index contributed by atoms with van der Waals surface area (Å²) in [4.78, 5) is 23.6. The van der Waals surface area contributed by atoms with Gasteiger partial charge < -0.3 is 10.6 Å². The second kappa shape index (κ2) is 9.82. The molecular weight excluding hydrogens is 412 g/mol. The van der Waals surface area contributed by atoms with Crippen LogP contribution in [0.5, 0.6) is 0 Å². The van der Waals surface area contributed by atoms with Gasteiger partial charge in [0.25, 0.3) is 0 Å². The summed E-state index contributed by atoms with van der Waals surface area (Å²) in [5.41, 5.74) is 1.37. The fourth-order valence-electron chi connectivity index (χ4n) is 3.83. The van der Waals surface area contributed by atoms with Crippen LogP contribution in [0.4, 0.5) is 11.4 Å². The van der Waals surface area contributed by atoms with E-state index in [1.165, 1.54) is 37.9 Å². The highest BCUT2D eigenvalue weighted by Gasteiger charge is 2.24. The van der Waals surface area contributed by atoms with E-state index < -0.39 is 0 Å². The molecule has 2 N–H and O–H groups in total. The number of hydrogen-bond acceptors (Lipinski definition) is 5. The fraction of sp³-hybridized carbons (Fsp3) is 0.364. The van der Waals surface area contributed by atoms with Gasteiger partial charge in [0.2, 0.25) is 17.0 Å². The zero-order chi connectivity index (χ0) is 21.6. The first kappa shape index (κ1) is 21.2. The van der Waals surface area contributed by atoms with E-state index in [0.29, 0.717) is 22.4 Å². The van der Waals surface area contributed by atoms with Crippen LogP contribution in [-0.2, 0) is 9.59 Å². The van der Waals surface area contributed by atoms with Crippen molar-refractivity contribution in [2.75, 3.05) is 16.4 Å². The highest BCUT2D eigenvalue weighted by atomic mass is 32.2. The van der Waals surface area contributed by atoms with E-state index in [-0.39, 0.29) is 17.6 Å². The third-order valence-electron chi connectivity index (χ3n) is 5.25. The zero-order valence-corrected chi connectivity index (χ0v) is 18.3. The van der Waals surface area contributed by atoms with E-state index in [1.807, 2.05) is 33.9 Å². The molecule has 8 nitrogen and oxygen atoms in total. The third kappa shape index (κ3) is 5.35. The summed E-state index contributed by atoms with van der Waals surface area (Å²) < 4.78 is 4.00. The topological polar surface area (TPSA) is 93.8 Å². The second-order valence-electron chi connectivity index (χ2n) is 7.65. The summed E-state index contributed by atoms with van der Waals surface area (Å²) in [5, 5.41) is 15.2. The summed E-state index contributed by atoms with van der Waals surface area (Å²) in [5.74, 6) is 1.32. The molecule has 0 saturated heterocycles. The van der Waals surface area contributed by atoms with Crippen molar-refractivity contribution in [2.24, 2.45) is 0 Å². The van der Waals surface area contributed by atoms with Crippen LogP contribution in [0.1, 0.15) is 50.8 Å². The minimum Gasteiger partial charge on any atom is -0.326 e. The van der Waals surface area contributed by atoms with Gasteiger partial charge in [0, 0.05) is 36.6 Å². The number of hydrogen-bond donors (Lipinski definition) is 2. The predicted molar refractivity (Wildman–Crippen MR) is 121 cm³/mol. The fourth-order valence-corrected chi connectivity index (χ4v) is 4.57. The molecule has 1 saturated carbocycles. The van der Waals surface area contributed by atoms with Crippen LogP contribution >= 0.6 is 11.8 Å². The Morgan fingerprint density at radius 2 is 1.65 bits per heavy atom. The van der Waals surface area contributed by atoms with Crippen molar-refractivity contribution in [1.29, 1.82) is 0 Å². The molecule has 2 heterocycles. The lowest BCUT2D eigenvalue weighted by Crippen LogP contribution is -2.18. The summed E-state index contributed by atoms with van der Waals surface area (Å²) in [7, 11) is 0. The number of amides is 2. The van der Waals surface area contributed by atoms with Gasteiger partial charge in [-0.2, -0.15) is 0 Å². The van der Waals surface area contributed by atoms with Crippen LogP contribution < -0.4 is 10.6 Å². The minimum absolute atomic E-state index is 0.126. The van der Waals surface area contributed by atoms with Gasteiger partial charge in [-0.1, -0.05) is 31.0 Å². The molecule has 0 bridgehead atoms. The number of thioether (sulfide) groups is 1. The zero-order valence-electron chi connectivity index (χ0n) is 17.5. The molecule has 162 valence electrons. The Kier molecular flexibility index (Phi) is 6.71. The SMILES string of the molecule is CC(=O)Nc1ccc(NC(=O)CSc2nnc(C3CCCCC3)n2-n2cccc2)cc1. The molecule has 0 radical (unpaired) electrons. The molecule has 0 unspecified atom stereocenters.